The molecule has 0 radical (unpaired) electrons. The summed E-state index contributed by atoms with van der Waals surface area (Å²) in [5.41, 5.74) is 0.531. The number of rotatable bonds is 22. The fourth-order valence-electron chi connectivity index (χ4n) is 5.18. The Balaban J connectivity index is 2.28. The average Bonchev–Trinajstić information content (AvgIpc) is 2.88. The number of carbonyl (C=O) groups is 1. The van der Waals surface area contributed by atoms with Crippen LogP contribution in [0.4, 0.5) is 0 Å². The van der Waals surface area contributed by atoms with E-state index < -0.39 is 11.6 Å². The normalized spacial score (nSPS) is 13.9. The molecule has 0 aromatic heterocycles. The summed E-state index contributed by atoms with van der Waals surface area (Å²) in [7, 11) is 0. The molecule has 1 rings (SSSR count). The van der Waals surface area contributed by atoms with Gasteiger partial charge in [0.05, 0.1) is 0 Å². The van der Waals surface area contributed by atoms with Crippen LogP contribution in [0.2, 0.25) is 0 Å². The van der Waals surface area contributed by atoms with Crippen molar-refractivity contribution in [1.82, 2.24) is 0 Å². The number of aliphatic carboxylic acids is 1. The lowest BCUT2D eigenvalue weighted by Crippen LogP contribution is -2.37. The van der Waals surface area contributed by atoms with E-state index in [9.17, 15) is 15.0 Å². The molecule has 0 heterocycles. The van der Waals surface area contributed by atoms with Crippen molar-refractivity contribution in [3.63, 3.8) is 0 Å². The monoisotopic (exact) mass is 576 g/mol. The van der Waals surface area contributed by atoms with E-state index in [1.54, 1.807) is 11.8 Å². The lowest BCUT2D eigenvalue weighted by atomic mass is 9.77. The van der Waals surface area contributed by atoms with Crippen molar-refractivity contribution in [2.45, 2.75) is 174 Å². The molecule has 2 N–H and O–H groups in total. The van der Waals surface area contributed by atoms with Gasteiger partial charge in [0.1, 0.15) is 0 Å². The minimum absolute atomic E-state index is 0.128. The first kappa shape index (κ1) is 37.0. The van der Waals surface area contributed by atoms with Crippen LogP contribution in [0.1, 0.15) is 174 Å². The first-order valence-electron chi connectivity index (χ1n) is 16.5. The van der Waals surface area contributed by atoms with E-state index in [0.717, 1.165) is 16.9 Å². The average molecular weight is 577 g/mol. The molecule has 0 aliphatic carbocycles. The Morgan fingerprint density at radius 3 is 1.30 bits per heavy atom. The van der Waals surface area contributed by atoms with Gasteiger partial charge in [-0.15, -0.1) is 0 Å². The molecule has 0 bridgehead atoms. The second kappa shape index (κ2) is 19.2. The molecule has 1 aromatic rings. The molecule has 3 nitrogen and oxygen atoms in total. The number of aliphatic hydroxyl groups is 1. The van der Waals surface area contributed by atoms with E-state index >= 15 is 0 Å². The number of carboxylic acids is 1. The van der Waals surface area contributed by atoms with Gasteiger partial charge in [-0.1, -0.05) is 163 Å². The molecular weight excluding hydrogens is 512 g/mol. The summed E-state index contributed by atoms with van der Waals surface area (Å²) in [4.78, 5) is 12.3. The zero-order valence-corrected chi connectivity index (χ0v) is 28.2. The van der Waals surface area contributed by atoms with Crippen LogP contribution >= 0.6 is 11.8 Å². The quantitative estimate of drug-likeness (QED) is 0.135. The minimum atomic E-state index is -1.86. The standard InChI is InChI=1S/C36H64O3S/c1-8-9-10-11-12-13-14-15-16-17-18-19-20-21-22-23-25-40-26-24-36(39,33(37)38)32-28-30(34(2,3)4)27-31(29-32)35(5,6)7/h27-29,39H,8-26H2,1-7H3,(H,37,38). The molecular formula is C36H64O3S. The molecule has 0 aliphatic rings. The lowest BCUT2D eigenvalue weighted by molar-refractivity contribution is -0.160. The maximum absolute atomic E-state index is 12.3. The molecule has 0 saturated carbocycles. The molecule has 0 saturated heterocycles. The molecule has 1 unspecified atom stereocenters. The maximum Gasteiger partial charge on any atom is 0.340 e. The van der Waals surface area contributed by atoms with Crippen LogP contribution in [0, 0.1) is 0 Å². The SMILES string of the molecule is CCCCCCCCCCCCCCCCCCSCCC(O)(C(=O)O)c1cc(C(C)(C)C)cc(C(C)(C)C)c1. The number of unbranched alkanes of at least 4 members (excludes halogenated alkanes) is 15. The first-order chi connectivity index (χ1) is 18.8. The summed E-state index contributed by atoms with van der Waals surface area (Å²) in [6, 6.07) is 5.98. The lowest BCUT2D eigenvalue weighted by Gasteiger charge is -2.30. The Hall–Kier alpha value is -1.00. The van der Waals surface area contributed by atoms with Gasteiger partial charge in [0.15, 0.2) is 5.60 Å². The van der Waals surface area contributed by atoms with Crippen LogP contribution in [-0.4, -0.2) is 27.7 Å². The summed E-state index contributed by atoms with van der Waals surface area (Å²) in [5.74, 6) is 0.525. The van der Waals surface area contributed by atoms with Crippen LogP contribution in [0.3, 0.4) is 0 Å². The number of carboxylic acid groups (broad SMARTS) is 1. The predicted octanol–water partition coefficient (Wildman–Crippen LogP) is 10.9. The maximum atomic E-state index is 12.3. The van der Waals surface area contributed by atoms with E-state index in [2.05, 4.69) is 54.5 Å². The molecule has 232 valence electrons. The Morgan fingerprint density at radius 2 is 0.950 bits per heavy atom. The molecule has 1 atom stereocenters. The van der Waals surface area contributed by atoms with E-state index in [4.69, 9.17) is 0 Å². The number of hydrogen-bond acceptors (Lipinski definition) is 3. The van der Waals surface area contributed by atoms with Gasteiger partial charge in [-0.25, -0.2) is 4.79 Å². The van der Waals surface area contributed by atoms with Gasteiger partial charge < -0.3 is 10.2 Å². The van der Waals surface area contributed by atoms with Crippen molar-refractivity contribution < 1.29 is 15.0 Å². The van der Waals surface area contributed by atoms with Crippen LogP contribution in [-0.2, 0) is 21.2 Å². The van der Waals surface area contributed by atoms with Crippen molar-refractivity contribution >= 4 is 17.7 Å². The first-order valence-corrected chi connectivity index (χ1v) is 17.7. The second-order valence-electron chi connectivity index (χ2n) is 14.1. The zero-order chi connectivity index (χ0) is 30.1. The van der Waals surface area contributed by atoms with Gasteiger partial charge in [0.25, 0.3) is 0 Å². The van der Waals surface area contributed by atoms with E-state index in [0.29, 0.717) is 11.3 Å². The smallest absolute Gasteiger partial charge is 0.340 e. The number of benzene rings is 1. The highest BCUT2D eigenvalue weighted by atomic mass is 32.2. The minimum Gasteiger partial charge on any atom is -0.479 e. The van der Waals surface area contributed by atoms with E-state index in [-0.39, 0.29) is 17.3 Å². The highest BCUT2D eigenvalue weighted by molar-refractivity contribution is 7.99. The van der Waals surface area contributed by atoms with E-state index in [1.165, 1.54) is 103 Å². The fraction of sp³-hybridized carbons (Fsp3) is 0.806. The Labute approximate surface area is 252 Å². The highest BCUT2D eigenvalue weighted by Gasteiger charge is 2.39. The summed E-state index contributed by atoms with van der Waals surface area (Å²) < 4.78 is 0. The van der Waals surface area contributed by atoms with Crippen molar-refractivity contribution in [1.29, 1.82) is 0 Å². The van der Waals surface area contributed by atoms with Gasteiger partial charge >= 0.3 is 5.97 Å². The van der Waals surface area contributed by atoms with E-state index in [1.807, 2.05) is 12.1 Å². The molecule has 1 aromatic carbocycles. The summed E-state index contributed by atoms with van der Waals surface area (Å²) >= 11 is 1.77. The van der Waals surface area contributed by atoms with Crippen molar-refractivity contribution in [3.8, 4) is 0 Å². The molecule has 40 heavy (non-hydrogen) atoms. The molecule has 4 heteroatoms. The van der Waals surface area contributed by atoms with Crippen LogP contribution in [0.5, 0.6) is 0 Å². The Bertz CT molecular complexity index is 788. The highest BCUT2D eigenvalue weighted by Crippen LogP contribution is 2.36. The molecule has 0 fully saturated rings. The zero-order valence-electron chi connectivity index (χ0n) is 27.4. The Morgan fingerprint density at radius 1 is 0.600 bits per heavy atom. The third-order valence-corrected chi connectivity index (χ3v) is 9.32. The fourth-order valence-corrected chi connectivity index (χ4v) is 6.23. The van der Waals surface area contributed by atoms with Gasteiger partial charge in [-0.05, 0) is 45.4 Å². The van der Waals surface area contributed by atoms with Crippen molar-refractivity contribution in [2.24, 2.45) is 0 Å². The topological polar surface area (TPSA) is 57.5 Å². The van der Waals surface area contributed by atoms with Gasteiger partial charge in [0.2, 0.25) is 0 Å². The number of hydrogen-bond donors (Lipinski definition) is 2. The molecule has 0 spiro atoms. The van der Waals surface area contributed by atoms with Gasteiger partial charge in [0, 0.05) is 6.42 Å². The largest absolute Gasteiger partial charge is 0.479 e. The third kappa shape index (κ3) is 14.8. The molecule has 0 aliphatic heterocycles. The molecule has 0 amide bonds. The Kier molecular flexibility index (Phi) is 17.8. The van der Waals surface area contributed by atoms with Crippen molar-refractivity contribution in [3.05, 3.63) is 34.9 Å². The van der Waals surface area contributed by atoms with Crippen molar-refractivity contribution in [2.75, 3.05) is 11.5 Å². The van der Waals surface area contributed by atoms with Gasteiger partial charge in [-0.2, -0.15) is 11.8 Å². The summed E-state index contributed by atoms with van der Waals surface area (Å²) in [6.07, 6.45) is 22.1. The summed E-state index contributed by atoms with van der Waals surface area (Å²) in [6.45, 7) is 15.1. The van der Waals surface area contributed by atoms with Crippen LogP contribution < -0.4 is 0 Å². The second-order valence-corrected chi connectivity index (χ2v) is 15.4. The predicted molar refractivity (Wildman–Crippen MR) is 177 cm³/mol. The van der Waals surface area contributed by atoms with Crippen LogP contribution in [0.15, 0.2) is 18.2 Å². The third-order valence-electron chi connectivity index (χ3n) is 8.25. The number of thioether (sulfide) groups is 1. The summed E-state index contributed by atoms with van der Waals surface area (Å²) in [5, 5.41) is 21.4. The van der Waals surface area contributed by atoms with Crippen LogP contribution in [0.25, 0.3) is 0 Å². The van der Waals surface area contributed by atoms with Gasteiger partial charge in [-0.3, -0.25) is 0 Å².